The largest absolute Gasteiger partial charge is 0.461 e. The highest BCUT2D eigenvalue weighted by Gasteiger charge is 2.43. The van der Waals surface area contributed by atoms with Gasteiger partial charge in [0, 0.05) is 34.8 Å². The Morgan fingerprint density at radius 3 is 2.38 bits per heavy atom. The molecule has 0 aliphatic carbocycles. The number of amides is 1. The van der Waals surface area contributed by atoms with E-state index in [0.29, 0.717) is 6.54 Å². The molecule has 9 heteroatoms. The number of para-hydroxylation sites is 1. The van der Waals surface area contributed by atoms with Crippen molar-refractivity contribution in [2.24, 2.45) is 5.10 Å². The first-order valence-corrected chi connectivity index (χ1v) is 10.2. The fraction of sp³-hybridized carbons (Fsp3) is 0.120. The summed E-state index contributed by atoms with van der Waals surface area (Å²) >= 11 is 0. The Morgan fingerprint density at radius 1 is 1.00 bits per heavy atom. The van der Waals surface area contributed by atoms with E-state index in [1.54, 1.807) is 0 Å². The molecule has 0 saturated carbocycles. The fourth-order valence-electron chi connectivity index (χ4n) is 3.39. The molecule has 1 amide bonds. The van der Waals surface area contributed by atoms with Gasteiger partial charge in [-0.25, -0.2) is 5.43 Å². The van der Waals surface area contributed by atoms with Crippen LogP contribution in [0.15, 0.2) is 90.2 Å². The molecule has 0 bridgehead atoms. The maximum absolute atomic E-state index is 13.0. The van der Waals surface area contributed by atoms with E-state index in [2.05, 4.69) is 19.8 Å². The minimum Gasteiger partial charge on any atom is -0.428 e. The number of alkyl halides is 4. The molecule has 34 heavy (non-hydrogen) atoms. The van der Waals surface area contributed by atoms with Gasteiger partial charge in [-0.05, 0) is 35.9 Å². The predicted octanol–water partition coefficient (Wildman–Crippen LogP) is 5.69. The lowest BCUT2D eigenvalue weighted by Crippen LogP contribution is -2.33. The Bertz CT molecular complexity index is 1300. The number of aromatic nitrogens is 1. The Balaban J connectivity index is 1.45. The molecule has 0 saturated heterocycles. The van der Waals surface area contributed by atoms with Gasteiger partial charge in [-0.1, -0.05) is 48.5 Å². The molecule has 0 atom stereocenters. The van der Waals surface area contributed by atoms with E-state index >= 15 is 0 Å². The van der Waals surface area contributed by atoms with E-state index in [4.69, 9.17) is 0 Å². The van der Waals surface area contributed by atoms with Crippen molar-refractivity contribution < 1.29 is 27.1 Å². The molecule has 4 rings (SSSR count). The van der Waals surface area contributed by atoms with Gasteiger partial charge in [0.2, 0.25) is 0 Å². The van der Waals surface area contributed by atoms with Crippen molar-refractivity contribution in [3.05, 3.63) is 102 Å². The van der Waals surface area contributed by atoms with Crippen LogP contribution >= 0.6 is 0 Å². The van der Waals surface area contributed by atoms with Crippen LogP contribution in [0.1, 0.15) is 21.5 Å². The summed E-state index contributed by atoms with van der Waals surface area (Å²) in [6, 6.07) is 22.1. The maximum Gasteiger partial charge on any atom is 0.461 e. The monoisotopic (exact) mass is 469 g/mol. The van der Waals surface area contributed by atoms with Crippen molar-refractivity contribution in [1.29, 1.82) is 0 Å². The topological polar surface area (TPSA) is 55.6 Å². The average Bonchev–Trinajstić information content (AvgIpc) is 3.17. The molecule has 4 aromatic rings. The number of nitrogens with zero attached hydrogens (tertiary/aromatic N) is 2. The zero-order chi connectivity index (χ0) is 24.1. The van der Waals surface area contributed by atoms with Crippen LogP contribution in [-0.2, 0) is 6.54 Å². The molecule has 0 unspecified atom stereocenters. The maximum atomic E-state index is 13.0. The van der Waals surface area contributed by atoms with Crippen molar-refractivity contribution in [1.82, 2.24) is 9.99 Å². The van der Waals surface area contributed by atoms with Crippen LogP contribution in [-0.4, -0.2) is 29.2 Å². The standard InChI is InChI=1S/C25H19F4N3O2/c26-24(27)25(28,29)34-20-12-10-18(11-13-20)23(33)31-30-14-19-16-32(15-17-6-2-1-3-7-17)22-9-5-4-8-21(19)22/h1-14,16,24H,15H2,(H,31,33)/b30-14-. The first-order chi connectivity index (χ1) is 16.3. The van der Waals surface area contributed by atoms with Crippen molar-refractivity contribution in [3.63, 3.8) is 0 Å². The minimum absolute atomic E-state index is 0.0939. The van der Waals surface area contributed by atoms with Crippen LogP contribution in [0.5, 0.6) is 5.75 Å². The summed E-state index contributed by atoms with van der Waals surface area (Å²) in [6.07, 6.45) is -5.14. The zero-order valence-electron chi connectivity index (χ0n) is 17.7. The highest BCUT2D eigenvalue weighted by atomic mass is 19.3. The third kappa shape index (κ3) is 5.25. The van der Waals surface area contributed by atoms with Crippen LogP contribution in [0.3, 0.4) is 0 Å². The summed E-state index contributed by atoms with van der Waals surface area (Å²) in [6.45, 7) is 0.667. The number of fused-ring (bicyclic) bond motifs is 1. The Kier molecular flexibility index (Phi) is 6.62. The van der Waals surface area contributed by atoms with Gasteiger partial charge < -0.3 is 9.30 Å². The Hall–Kier alpha value is -4.14. The molecular weight excluding hydrogens is 450 g/mol. The second-order valence-electron chi connectivity index (χ2n) is 7.40. The molecular formula is C25H19F4N3O2. The fourth-order valence-corrected chi connectivity index (χ4v) is 3.39. The van der Waals surface area contributed by atoms with Gasteiger partial charge in [-0.3, -0.25) is 4.79 Å². The van der Waals surface area contributed by atoms with Crippen molar-refractivity contribution in [3.8, 4) is 5.75 Å². The molecule has 1 heterocycles. The predicted molar refractivity (Wildman–Crippen MR) is 121 cm³/mol. The van der Waals surface area contributed by atoms with E-state index in [1.807, 2.05) is 60.8 Å². The molecule has 1 N–H and O–H groups in total. The average molecular weight is 469 g/mol. The summed E-state index contributed by atoms with van der Waals surface area (Å²) in [4.78, 5) is 12.3. The van der Waals surface area contributed by atoms with E-state index in [0.717, 1.165) is 34.2 Å². The second kappa shape index (κ2) is 9.78. The van der Waals surface area contributed by atoms with Crippen molar-refractivity contribution >= 4 is 23.0 Å². The molecule has 3 aromatic carbocycles. The van der Waals surface area contributed by atoms with Gasteiger partial charge in [-0.15, -0.1) is 0 Å². The molecule has 0 aliphatic heterocycles. The van der Waals surface area contributed by atoms with Gasteiger partial charge in [0.25, 0.3) is 5.91 Å². The van der Waals surface area contributed by atoms with Crippen molar-refractivity contribution in [2.45, 2.75) is 19.1 Å². The Labute approximate surface area is 192 Å². The lowest BCUT2D eigenvalue weighted by molar-refractivity contribution is -0.253. The summed E-state index contributed by atoms with van der Waals surface area (Å²) in [5.74, 6) is -1.09. The number of carbonyl (C=O) groups is 1. The zero-order valence-corrected chi connectivity index (χ0v) is 17.7. The summed E-state index contributed by atoms with van der Waals surface area (Å²) < 4.78 is 56.5. The molecule has 0 fully saturated rings. The lowest BCUT2D eigenvalue weighted by atomic mass is 10.2. The number of benzene rings is 3. The number of halogens is 4. The summed E-state index contributed by atoms with van der Waals surface area (Å²) in [7, 11) is 0. The first-order valence-electron chi connectivity index (χ1n) is 10.2. The van der Waals surface area contributed by atoms with Gasteiger partial charge in [0.15, 0.2) is 0 Å². The Morgan fingerprint density at radius 2 is 1.68 bits per heavy atom. The smallest absolute Gasteiger partial charge is 0.428 e. The quantitative estimate of drug-likeness (QED) is 0.205. The molecule has 5 nitrogen and oxygen atoms in total. The molecule has 0 radical (unpaired) electrons. The van der Waals surface area contributed by atoms with E-state index in [-0.39, 0.29) is 5.56 Å². The number of hydrogen-bond donors (Lipinski definition) is 1. The minimum atomic E-state index is -4.62. The third-order valence-electron chi connectivity index (χ3n) is 5.01. The number of rotatable bonds is 8. The molecule has 0 aliphatic rings. The second-order valence-corrected chi connectivity index (χ2v) is 7.40. The van der Waals surface area contributed by atoms with Gasteiger partial charge >= 0.3 is 12.5 Å². The van der Waals surface area contributed by atoms with Gasteiger partial charge in [0.1, 0.15) is 5.75 Å². The summed E-state index contributed by atoms with van der Waals surface area (Å²) in [5.41, 5.74) is 5.41. The van der Waals surface area contributed by atoms with Crippen LogP contribution in [0, 0.1) is 0 Å². The van der Waals surface area contributed by atoms with E-state index in [1.165, 1.54) is 18.3 Å². The van der Waals surface area contributed by atoms with E-state index < -0.39 is 24.2 Å². The number of ether oxygens (including phenoxy) is 1. The van der Waals surface area contributed by atoms with Gasteiger partial charge in [0.05, 0.1) is 6.21 Å². The molecule has 1 aromatic heterocycles. The number of carbonyl (C=O) groups excluding carboxylic acids is 1. The van der Waals surface area contributed by atoms with Crippen molar-refractivity contribution in [2.75, 3.05) is 0 Å². The van der Waals surface area contributed by atoms with Crippen LogP contribution in [0.2, 0.25) is 0 Å². The van der Waals surface area contributed by atoms with Gasteiger partial charge in [-0.2, -0.15) is 22.7 Å². The normalized spacial score (nSPS) is 11.9. The summed E-state index contributed by atoms with van der Waals surface area (Å²) in [5, 5.41) is 4.96. The first kappa shape index (κ1) is 23.0. The van der Waals surface area contributed by atoms with Crippen LogP contribution < -0.4 is 10.2 Å². The SMILES string of the molecule is O=C(N/N=C\c1cn(Cc2ccccc2)c2ccccc12)c1ccc(OC(F)(F)C(F)F)cc1. The lowest BCUT2D eigenvalue weighted by Gasteiger charge is -2.16. The molecule has 174 valence electrons. The van der Waals surface area contributed by atoms with Crippen LogP contribution in [0.4, 0.5) is 17.6 Å². The third-order valence-corrected chi connectivity index (χ3v) is 5.01. The number of hydrazone groups is 1. The highest BCUT2D eigenvalue weighted by Crippen LogP contribution is 2.27. The molecule has 0 spiro atoms. The van der Waals surface area contributed by atoms with Crippen LogP contribution in [0.25, 0.3) is 10.9 Å². The highest BCUT2D eigenvalue weighted by molar-refractivity contribution is 6.00. The number of nitrogens with one attached hydrogen (secondary N) is 1. The number of hydrogen-bond acceptors (Lipinski definition) is 3. The van der Waals surface area contributed by atoms with E-state index in [9.17, 15) is 22.4 Å².